The van der Waals surface area contributed by atoms with Crippen LogP contribution in [0.4, 0.5) is 0 Å². The van der Waals surface area contributed by atoms with Crippen LogP contribution in [0.5, 0.6) is 0 Å². The van der Waals surface area contributed by atoms with Gasteiger partial charge in [0.2, 0.25) is 0 Å². The number of hydrogen-bond acceptors (Lipinski definition) is 3. The van der Waals surface area contributed by atoms with Gasteiger partial charge in [-0.15, -0.1) is 11.3 Å². The summed E-state index contributed by atoms with van der Waals surface area (Å²) in [6, 6.07) is 2.66. The Bertz CT molecular complexity index is 336. The van der Waals surface area contributed by atoms with Crippen molar-refractivity contribution >= 4 is 27.3 Å². The fourth-order valence-corrected chi connectivity index (χ4v) is 3.69. The Morgan fingerprint density at radius 3 is 2.47 bits per heavy atom. The second kappa shape index (κ2) is 6.88. The van der Waals surface area contributed by atoms with Gasteiger partial charge in [0, 0.05) is 20.8 Å². The molecule has 0 aromatic carbocycles. The van der Waals surface area contributed by atoms with E-state index in [9.17, 15) is 0 Å². The van der Waals surface area contributed by atoms with Crippen LogP contribution in [0.3, 0.4) is 0 Å². The zero-order chi connectivity index (χ0) is 13.0. The Balaban J connectivity index is 2.72. The molecule has 1 heterocycles. The Labute approximate surface area is 117 Å². The summed E-state index contributed by atoms with van der Waals surface area (Å²) in [4.78, 5) is 3.72. The van der Waals surface area contributed by atoms with E-state index in [1.54, 1.807) is 11.3 Å². The lowest BCUT2D eigenvalue weighted by molar-refractivity contribution is 0.211. The Morgan fingerprint density at radius 2 is 2.06 bits per heavy atom. The molecule has 0 saturated heterocycles. The normalized spacial score (nSPS) is 15.5. The van der Waals surface area contributed by atoms with Crippen molar-refractivity contribution < 1.29 is 0 Å². The van der Waals surface area contributed by atoms with Crippen molar-refractivity contribution in [3.8, 4) is 0 Å². The summed E-state index contributed by atoms with van der Waals surface area (Å²) in [5.74, 6) is 0.737. The van der Waals surface area contributed by atoms with Crippen molar-refractivity contribution in [3.63, 3.8) is 0 Å². The van der Waals surface area contributed by atoms with Gasteiger partial charge in [-0.05, 0) is 54.9 Å². The summed E-state index contributed by atoms with van der Waals surface area (Å²) in [6.07, 6.45) is 1.21. The molecule has 0 aliphatic rings. The third kappa shape index (κ3) is 4.70. The molecule has 0 bridgehead atoms. The molecule has 2 unspecified atom stereocenters. The van der Waals surface area contributed by atoms with Crippen LogP contribution in [0.2, 0.25) is 0 Å². The third-order valence-corrected chi connectivity index (χ3v) is 4.68. The molecule has 4 heteroatoms. The Hall–Kier alpha value is 0.1000. The van der Waals surface area contributed by atoms with Gasteiger partial charge in [-0.25, -0.2) is 0 Å². The standard InChI is InChI=1S/C13H23BrN2S/c1-9(2)5-6-16(4)13(10(3)15)12-7-11(14)8-17-12/h7-10,13H,5-6,15H2,1-4H3. The average Bonchev–Trinajstić information content (AvgIpc) is 2.61. The van der Waals surface area contributed by atoms with Gasteiger partial charge >= 0.3 is 0 Å². The molecule has 17 heavy (non-hydrogen) atoms. The van der Waals surface area contributed by atoms with E-state index in [4.69, 9.17) is 5.73 Å². The molecule has 2 nitrogen and oxygen atoms in total. The van der Waals surface area contributed by atoms with E-state index < -0.39 is 0 Å². The third-order valence-electron chi connectivity index (χ3n) is 2.91. The Morgan fingerprint density at radius 1 is 1.41 bits per heavy atom. The highest BCUT2D eigenvalue weighted by atomic mass is 79.9. The summed E-state index contributed by atoms with van der Waals surface area (Å²) < 4.78 is 1.15. The molecule has 1 rings (SSSR count). The largest absolute Gasteiger partial charge is 0.326 e. The second-order valence-corrected chi connectivity index (χ2v) is 6.99. The molecular formula is C13H23BrN2S. The molecule has 0 aliphatic heterocycles. The van der Waals surface area contributed by atoms with E-state index >= 15 is 0 Å². The minimum Gasteiger partial charge on any atom is -0.326 e. The van der Waals surface area contributed by atoms with Gasteiger partial charge in [0.25, 0.3) is 0 Å². The van der Waals surface area contributed by atoms with Crippen molar-refractivity contribution in [1.82, 2.24) is 4.90 Å². The van der Waals surface area contributed by atoms with Crippen LogP contribution in [-0.4, -0.2) is 24.5 Å². The Kier molecular flexibility index (Phi) is 6.13. The van der Waals surface area contributed by atoms with E-state index in [1.165, 1.54) is 11.3 Å². The minimum atomic E-state index is 0.151. The lowest BCUT2D eigenvalue weighted by Crippen LogP contribution is -2.37. The molecule has 0 radical (unpaired) electrons. The zero-order valence-electron chi connectivity index (χ0n) is 11.1. The number of hydrogen-bond donors (Lipinski definition) is 1. The molecule has 1 aromatic rings. The maximum Gasteiger partial charge on any atom is 0.0588 e. The van der Waals surface area contributed by atoms with Gasteiger partial charge < -0.3 is 5.73 Å². The van der Waals surface area contributed by atoms with Crippen molar-refractivity contribution in [2.75, 3.05) is 13.6 Å². The number of halogens is 1. The SMILES string of the molecule is CC(C)CCN(C)C(c1cc(Br)cs1)C(C)N. The number of nitrogens with zero attached hydrogens (tertiary/aromatic N) is 1. The minimum absolute atomic E-state index is 0.151. The van der Waals surface area contributed by atoms with E-state index in [1.807, 2.05) is 0 Å². The zero-order valence-corrected chi connectivity index (χ0v) is 13.5. The van der Waals surface area contributed by atoms with Gasteiger partial charge in [0.1, 0.15) is 0 Å². The maximum atomic E-state index is 6.13. The lowest BCUT2D eigenvalue weighted by Gasteiger charge is -2.30. The van der Waals surface area contributed by atoms with Crippen LogP contribution in [-0.2, 0) is 0 Å². The van der Waals surface area contributed by atoms with Crippen LogP contribution in [0.25, 0.3) is 0 Å². The molecule has 2 atom stereocenters. The van der Waals surface area contributed by atoms with Crippen molar-refractivity contribution in [3.05, 3.63) is 20.8 Å². The monoisotopic (exact) mass is 318 g/mol. The van der Waals surface area contributed by atoms with Crippen LogP contribution in [0.15, 0.2) is 15.9 Å². The number of thiophene rings is 1. The summed E-state index contributed by atoms with van der Waals surface area (Å²) >= 11 is 5.29. The first kappa shape index (κ1) is 15.2. The summed E-state index contributed by atoms with van der Waals surface area (Å²) in [5, 5.41) is 2.13. The van der Waals surface area contributed by atoms with E-state index in [-0.39, 0.29) is 6.04 Å². The highest BCUT2D eigenvalue weighted by Crippen LogP contribution is 2.30. The molecule has 0 spiro atoms. The number of likely N-dealkylation sites (N-methyl/N-ethyl adjacent to an activating group) is 1. The highest BCUT2D eigenvalue weighted by molar-refractivity contribution is 9.10. The predicted octanol–water partition coefficient (Wildman–Crippen LogP) is 3.88. The van der Waals surface area contributed by atoms with Crippen LogP contribution < -0.4 is 5.73 Å². The highest BCUT2D eigenvalue weighted by Gasteiger charge is 2.22. The fraction of sp³-hybridized carbons (Fsp3) is 0.692. The van der Waals surface area contributed by atoms with Crippen molar-refractivity contribution in [2.24, 2.45) is 11.7 Å². The molecule has 0 fully saturated rings. The van der Waals surface area contributed by atoms with Crippen LogP contribution in [0, 0.1) is 5.92 Å². The van der Waals surface area contributed by atoms with Gasteiger partial charge in [-0.3, -0.25) is 4.90 Å². The van der Waals surface area contributed by atoms with E-state index in [2.05, 4.69) is 60.1 Å². The van der Waals surface area contributed by atoms with Crippen molar-refractivity contribution in [2.45, 2.75) is 39.3 Å². The van der Waals surface area contributed by atoms with E-state index in [0.29, 0.717) is 6.04 Å². The molecule has 98 valence electrons. The lowest BCUT2D eigenvalue weighted by atomic mass is 10.1. The molecule has 2 N–H and O–H groups in total. The van der Waals surface area contributed by atoms with Gasteiger partial charge in [-0.2, -0.15) is 0 Å². The summed E-state index contributed by atoms with van der Waals surface area (Å²) in [5.41, 5.74) is 6.13. The molecule has 0 saturated carbocycles. The summed E-state index contributed by atoms with van der Waals surface area (Å²) in [7, 11) is 2.17. The smallest absolute Gasteiger partial charge is 0.0588 e. The van der Waals surface area contributed by atoms with Gasteiger partial charge in [-0.1, -0.05) is 13.8 Å². The quantitative estimate of drug-likeness (QED) is 0.862. The first-order chi connectivity index (χ1) is 7.91. The topological polar surface area (TPSA) is 29.3 Å². The van der Waals surface area contributed by atoms with Crippen LogP contribution in [0.1, 0.15) is 38.1 Å². The first-order valence-electron chi connectivity index (χ1n) is 6.11. The fourth-order valence-electron chi connectivity index (χ4n) is 1.96. The first-order valence-corrected chi connectivity index (χ1v) is 7.78. The van der Waals surface area contributed by atoms with E-state index in [0.717, 1.165) is 16.9 Å². The van der Waals surface area contributed by atoms with Gasteiger partial charge in [0.05, 0.1) is 6.04 Å². The average molecular weight is 319 g/mol. The second-order valence-electron chi connectivity index (χ2n) is 5.13. The van der Waals surface area contributed by atoms with Crippen molar-refractivity contribution in [1.29, 1.82) is 0 Å². The summed E-state index contributed by atoms with van der Waals surface area (Å²) in [6.45, 7) is 7.70. The molecular weight excluding hydrogens is 296 g/mol. The molecule has 0 amide bonds. The predicted molar refractivity (Wildman–Crippen MR) is 80.5 cm³/mol. The maximum absolute atomic E-state index is 6.13. The van der Waals surface area contributed by atoms with Crippen LogP contribution >= 0.6 is 27.3 Å². The molecule has 1 aromatic heterocycles. The number of nitrogens with two attached hydrogens (primary N) is 1. The van der Waals surface area contributed by atoms with Gasteiger partial charge in [0.15, 0.2) is 0 Å². The number of rotatable bonds is 6. The molecule has 0 aliphatic carbocycles.